The number of hydrogen-bond acceptors (Lipinski definition) is 5. The topological polar surface area (TPSA) is 21.6 Å². The molecule has 0 aliphatic carbocycles. The van der Waals surface area contributed by atoms with Crippen LogP contribution in [0.15, 0.2) is 5.16 Å². The van der Waals surface area contributed by atoms with Crippen LogP contribution in [0.4, 0.5) is 0 Å². The lowest BCUT2D eigenvalue weighted by atomic mass is 10.2. The fraction of sp³-hybridized carbons (Fsp3) is 0.923. The first-order valence-electron chi connectivity index (χ1n) is 6.08. The molecule has 0 radical (unpaired) electrons. The molecule has 0 unspecified atom stereocenters. The van der Waals surface area contributed by atoms with Gasteiger partial charge in [0.05, 0.1) is 5.71 Å². The van der Waals surface area contributed by atoms with Gasteiger partial charge in [0.2, 0.25) is 0 Å². The van der Waals surface area contributed by atoms with E-state index in [1.165, 1.54) is 0 Å². The van der Waals surface area contributed by atoms with Gasteiger partial charge >= 0.3 is 0 Å². The molecule has 2 nitrogen and oxygen atoms in total. The Hall–Kier alpha value is 0.520. The number of thioether (sulfide) groups is 3. The highest BCUT2D eigenvalue weighted by atomic mass is 32.2. The van der Waals surface area contributed by atoms with Gasteiger partial charge in [-0.3, -0.25) is 0 Å². The van der Waals surface area contributed by atoms with E-state index >= 15 is 0 Å². The molecule has 0 spiro atoms. The lowest BCUT2D eigenvalue weighted by molar-refractivity contribution is 0.000833. The third-order valence-electron chi connectivity index (χ3n) is 1.59. The predicted molar refractivity (Wildman–Crippen MR) is 91.3 cm³/mol. The Morgan fingerprint density at radius 1 is 1.06 bits per heavy atom. The molecule has 0 aliphatic rings. The van der Waals surface area contributed by atoms with Gasteiger partial charge in [0.25, 0.3) is 0 Å². The molecule has 0 amide bonds. The summed E-state index contributed by atoms with van der Waals surface area (Å²) in [7, 11) is 0. The van der Waals surface area contributed by atoms with Crippen LogP contribution in [0.3, 0.4) is 0 Å². The number of rotatable bonds is 7. The standard InChI is InChI=1S/C13H27NOS3/c1-12(2,3)15-14-11(8-17-10-16-7)9-18-13(4,5)6/h8-10H2,1-7H3/b14-11+. The Kier molecular flexibility index (Phi) is 8.89. The summed E-state index contributed by atoms with van der Waals surface area (Å²) < 4.78 is 0.271. The highest BCUT2D eigenvalue weighted by Crippen LogP contribution is 2.24. The van der Waals surface area contributed by atoms with Crippen LogP contribution in [0.1, 0.15) is 41.5 Å². The van der Waals surface area contributed by atoms with Crippen molar-refractivity contribution in [3.8, 4) is 0 Å². The molecular weight excluding hydrogens is 282 g/mol. The van der Waals surface area contributed by atoms with Crippen LogP contribution in [0.25, 0.3) is 0 Å². The molecular formula is C13H27NOS3. The molecule has 5 heteroatoms. The fourth-order valence-electron chi connectivity index (χ4n) is 0.838. The molecule has 108 valence electrons. The highest BCUT2D eigenvalue weighted by Gasteiger charge is 2.15. The minimum atomic E-state index is -0.207. The van der Waals surface area contributed by atoms with Gasteiger partial charge in [-0.1, -0.05) is 25.9 Å². The van der Waals surface area contributed by atoms with E-state index in [-0.39, 0.29) is 10.3 Å². The molecule has 0 rings (SSSR count). The molecule has 18 heavy (non-hydrogen) atoms. The van der Waals surface area contributed by atoms with Crippen molar-refractivity contribution in [3.05, 3.63) is 0 Å². The normalized spacial score (nSPS) is 13.8. The summed E-state index contributed by atoms with van der Waals surface area (Å²) >= 11 is 5.67. The quantitative estimate of drug-likeness (QED) is 0.293. The van der Waals surface area contributed by atoms with E-state index in [9.17, 15) is 0 Å². The fourth-order valence-corrected chi connectivity index (χ4v) is 3.11. The van der Waals surface area contributed by atoms with Crippen LogP contribution < -0.4 is 0 Å². The minimum Gasteiger partial charge on any atom is -0.390 e. The maximum absolute atomic E-state index is 5.54. The molecule has 0 aliphatic heterocycles. The zero-order valence-corrected chi connectivity index (χ0v) is 15.2. The summed E-state index contributed by atoms with van der Waals surface area (Å²) in [6.45, 7) is 12.8. The van der Waals surface area contributed by atoms with E-state index in [0.717, 1.165) is 22.3 Å². The average molecular weight is 310 g/mol. The van der Waals surface area contributed by atoms with Crippen molar-refractivity contribution >= 4 is 41.0 Å². The van der Waals surface area contributed by atoms with Crippen molar-refractivity contribution in [3.63, 3.8) is 0 Å². The van der Waals surface area contributed by atoms with Crippen LogP contribution in [0.2, 0.25) is 0 Å². The van der Waals surface area contributed by atoms with Gasteiger partial charge in [0.15, 0.2) is 0 Å². The predicted octanol–water partition coefficient (Wildman–Crippen LogP) is 4.74. The summed E-state index contributed by atoms with van der Waals surface area (Å²) in [5, 5.41) is 5.44. The van der Waals surface area contributed by atoms with Gasteiger partial charge in [0, 0.05) is 21.3 Å². The molecule has 0 saturated heterocycles. The molecule has 0 aromatic carbocycles. The average Bonchev–Trinajstić information content (AvgIpc) is 2.19. The van der Waals surface area contributed by atoms with E-state index in [0.29, 0.717) is 0 Å². The maximum Gasteiger partial charge on any atom is 0.129 e. The second-order valence-corrected chi connectivity index (χ2v) is 10.0. The van der Waals surface area contributed by atoms with E-state index < -0.39 is 0 Å². The van der Waals surface area contributed by atoms with Crippen molar-refractivity contribution in [1.29, 1.82) is 0 Å². The van der Waals surface area contributed by atoms with E-state index in [1.54, 1.807) is 0 Å². The third-order valence-corrected chi connectivity index (χ3v) is 5.08. The molecule has 0 atom stereocenters. The second kappa shape index (κ2) is 8.64. The Labute approximate surface area is 125 Å². The molecule has 0 fully saturated rings. The molecule has 0 aromatic rings. The van der Waals surface area contributed by atoms with Gasteiger partial charge in [0.1, 0.15) is 5.60 Å². The van der Waals surface area contributed by atoms with Crippen molar-refractivity contribution in [2.75, 3.05) is 22.8 Å². The summed E-state index contributed by atoms with van der Waals surface area (Å²) in [4.78, 5) is 5.54. The first-order valence-corrected chi connectivity index (χ1v) is 9.62. The van der Waals surface area contributed by atoms with Crippen LogP contribution in [0, 0.1) is 0 Å². The Morgan fingerprint density at radius 3 is 2.11 bits per heavy atom. The monoisotopic (exact) mass is 309 g/mol. The number of hydrogen-bond donors (Lipinski definition) is 0. The minimum absolute atomic E-state index is 0.207. The molecule has 0 heterocycles. The van der Waals surface area contributed by atoms with Crippen LogP contribution in [-0.2, 0) is 4.84 Å². The first kappa shape index (κ1) is 18.5. The lowest BCUT2D eigenvalue weighted by Crippen LogP contribution is -2.20. The van der Waals surface area contributed by atoms with Crippen molar-refractivity contribution < 1.29 is 4.84 Å². The van der Waals surface area contributed by atoms with E-state index in [1.807, 2.05) is 56.1 Å². The van der Waals surface area contributed by atoms with Crippen molar-refractivity contribution in [2.24, 2.45) is 5.16 Å². The van der Waals surface area contributed by atoms with E-state index in [2.05, 4.69) is 32.2 Å². The van der Waals surface area contributed by atoms with Crippen molar-refractivity contribution in [1.82, 2.24) is 0 Å². The smallest absolute Gasteiger partial charge is 0.129 e. The summed E-state index contributed by atoms with van der Waals surface area (Å²) in [5.41, 5.74) is 0.936. The molecule has 0 bridgehead atoms. The van der Waals surface area contributed by atoms with Crippen LogP contribution in [-0.4, -0.2) is 38.9 Å². The van der Waals surface area contributed by atoms with Crippen LogP contribution >= 0.6 is 35.3 Å². The first-order chi connectivity index (χ1) is 8.14. The van der Waals surface area contributed by atoms with Gasteiger partial charge < -0.3 is 4.84 Å². The molecule has 0 saturated carbocycles. The second-order valence-electron chi connectivity index (χ2n) is 6.02. The van der Waals surface area contributed by atoms with Crippen LogP contribution in [0.5, 0.6) is 0 Å². The third kappa shape index (κ3) is 13.0. The lowest BCUT2D eigenvalue weighted by Gasteiger charge is -2.20. The number of nitrogens with zero attached hydrogens (tertiary/aromatic N) is 1. The highest BCUT2D eigenvalue weighted by molar-refractivity contribution is 8.16. The molecule has 0 N–H and O–H groups in total. The van der Waals surface area contributed by atoms with Gasteiger partial charge in [-0.05, 0) is 27.0 Å². The Bertz CT molecular complexity index is 254. The van der Waals surface area contributed by atoms with Gasteiger partial charge in [-0.2, -0.15) is 11.8 Å². The SMILES string of the molecule is CSCSC/C(CSC(C)(C)C)=N\OC(C)(C)C. The van der Waals surface area contributed by atoms with E-state index in [4.69, 9.17) is 4.84 Å². The van der Waals surface area contributed by atoms with Crippen molar-refractivity contribution in [2.45, 2.75) is 51.9 Å². The summed E-state index contributed by atoms with van der Waals surface area (Å²) in [6, 6.07) is 0. The zero-order chi connectivity index (χ0) is 14.2. The maximum atomic E-state index is 5.54. The Balaban J connectivity index is 4.32. The number of oxime groups is 1. The molecule has 0 aromatic heterocycles. The summed E-state index contributed by atoms with van der Waals surface area (Å²) in [5.74, 6) is 1.90. The van der Waals surface area contributed by atoms with Gasteiger partial charge in [-0.25, -0.2) is 0 Å². The van der Waals surface area contributed by atoms with Gasteiger partial charge in [-0.15, -0.1) is 23.5 Å². The summed E-state index contributed by atoms with van der Waals surface area (Å²) in [6.07, 6.45) is 2.12. The Morgan fingerprint density at radius 2 is 1.67 bits per heavy atom. The largest absolute Gasteiger partial charge is 0.390 e. The zero-order valence-electron chi connectivity index (χ0n) is 12.7.